The smallest absolute Gasteiger partial charge is 0.243 e. The van der Waals surface area contributed by atoms with Crippen LogP contribution >= 0.6 is 0 Å². The maximum atomic E-state index is 11.4. The molecule has 1 heterocycles. The summed E-state index contributed by atoms with van der Waals surface area (Å²) in [5.41, 5.74) is 5.63. The van der Waals surface area contributed by atoms with E-state index in [1.165, 1.54) is 17.3 Å². The second-order valence-corrected chi connectivity index (χ2v) is 5.42. The Morgan fingerprint density at radius 2 is 2.00 bits per heavy atom. The van der Waals surface area contributed by atoms with E-state index >= 15 is 0 Å². The van der Waals surface area contributed by atoms with Gasteiger partial charge in [-0.2, -0.15) is 5.10 Å². The number of aromatic nitrogens is 2. The van der Waals surface area contributed by atoms with E-state index in [1.807, 2.05) is 30.7 Å². The highest BCUT2D eigenvalue weighted by molar-refractivity contribution is 5.87. The predicted octanol–water partition coefficient (Wildman–Crippen LogP) is 3.55. The normalized spacial score (nSPS) is 12.0. The number of nitrogens with zero attached hydrogens (tertiary/aromatic N) is 2. The number of carbonyl (C=O) groups is 1. The van der Waals surface area contributed by atoms with E-state index in [9.17, 15) is 4.79 Å². The van der Waals surface area contributed by atoms with Crippen LogP contribution in [-0.4, -0.2) is 15.7 Å². The third-order valence-electron chi connectivity index (χ3n) is 3.92. The number of rotatable bonds is 5. The van der Waals surface area contributed by atoms with Crippen molar-refractivity contribution < 1.29 is 4.79 Å². The van der Waals surface area contributed by atoms with Gasteiger partial charge in [-0.15, -0.1) is 0 Å². The Labute approximate surface area is 131 Å². The van der Waals surface area contributed by atoms with Crippen molar-refractivity contribution in [2.75, 3.05) is 0 Å². The SMILES string of the molecule is C=CC(=O)N[C@H](C)c1ccc(-c2c(C)nn(CC)c2C)cc1. The first-order chi connectivity index (χ1) is 10.5. The average molecular weight is 297 g/mol. The number of hydrogen-bond donors (Lipinski definition) is 1. The molecule has 0 spiro atoms. The second-order valence-electron chi connectivity index (χ2n) is 5.42. The lowest BCUT2D eigenvalue weighted by molar-refractivity contribution is -0.117. The molecule has 2 rings (SSSR count). The highest BCUT2D eigenvalue weighted by Crippen LogP contribution is 2.28. The lowest BCUT2D eigenvalue weighted by atomic mass is 10.00. The Morgan fingerprint density at radius 1 is 1.36 bits per heavy atom. The minimum Gasteiger partial charge on any atom is -0.346 e. The van der Waals surface area contributed by atoms with Crippen molar-refractivity contribution in [3.05, 3.63) is 53.9 Å². The molecule has 1 aromatic heterocycles. The zero-order valence-electron chi connectivity index (χ0n) is 13.7. The molecular formula is C18H23N3O. The molecule has 4 heteroatoms. The molecule has 0 unspecified atom stereocenters. The van der Waals surface area contributed by atoms with E-state index < -0.39 is 0 Å². The molecule has 4 nitrogen and oxygen atoms in total. The Balaban J connectivity index is 2.27. The lowest BCUT2D eigenvalue weighted by Crippen LogP contribution is -2.24. The molecule has 1 amide bonds. The van der Waals surface area contributed by atoms with E-state index in [4.69, 9.17) is 0 Å². The number of aryl methyl sites for hydroxylation is 2. The topological polar surface area (TPSA) is 46.9 Å². The molecule has 22 heavy (non-hydrogen) atoms. The molecule has 0 saturated carbocycles. The van der Waals surface area contributed by atoms with Gasteiger partial charge in [0, 0.05) is 17.8 Å². The Kier molecular flexibility index (Phi) is 4.81. The van der Waals surface area contributed by atoms with Crippen LogP contribution in [0.4, 0.5) is 0 Å². The molecule has 0 aliphatic rings. The van der Waals surface area contributed by atoms with Crippen molar-refractivity contribution in [3.8, 4) is 11.1 Å². The van der Waals surface area contributed by atoms with Crippen LogP contribution in [0.15, 0.2) is 36.9 Å². The number of nitrogens with one attached hydrogen (secondary N) is 1. The molecule has 0 aliphatic carbocycles. The molecule has 0 aliphatic heterocycles. The Morgan fingerprint density at radius 3 is 2.50 bits per heavy atom. The Bertz CT molecular complexity index is 683. The van der Waals surface area contributed by atoms with E-state index in [1.54, 1.807) is 0 Å². The number of hydrogen-bond acceptors (Lipinski definition) is 2. The van der Waals surface area contributed by atoms with Crippen LogP contribution in [0.2, 0.25) is 0 Å². The van der Waals surface area contributed by atoms with Gasteiger partial charge in [0.05, 0.1) is 11.7 Å². The van der Waals surface area contributed by atoms with Gasteiger partial charge in [-0.3, -0.25) is 9.48 Å². The summed E-state index contributed by atoms with van der Waals surface area (Å²) in [5, 5.41) is 7.43. The molecule has 0 saturated heterocycles. The quantitative estimate of drug-likeness (QED) is 0.858. The van der Waals surface area contributed by atoms with Crippen LogP contribution in [0.1, 0.15) is 36.8 Å². The molecule has 1 N–H and O–H groups in total. The number of carbonyl (C=O) groups excluding carboxylic acids is 1. The predicted molar refractivity (Wildman–Crippen MR) is 89.6 cm³/mol. The van der Waals surface area contributed by atoms with Crippen molar-refractivity contribution in [1.29, 1.82) is 0 Å². The van der Waals surface area contributed by atoms with Crippen LogP contribution in [0, 0.1) is 13.8 Å². The van der Waals surface area contributed by atoms with E-state index in [0.717, 1.165) is 23.4 Å². The summed E-state index contributed by atoms with van der Waals surface area (Å²) >= 11 is 0. The maximum absolute atomic E-state index is 11.4. The second kappa shape index (κ2) is 6.60. The summed E-state index contributed by atoms with van der Waals surface area (Å²) in [7, 11) is 0. The molecule has 0 fully saturated rings. The van der Waals surface area contributed by atoms with Crippen molar-refractivity contribution in [2.24, 2.45) is 0 Å². The summed E-state index contributed by atoms with van der Waals surface area (Å²) in [5.74, 6) is -0.160. The minimum absolute atomic E-state index is 0.0416. The maximum Gasteiger partial charge on any atom is 0.243 e. The summed E-state index contributed by atoms with van der Waals surface area (Å²) in [6, 6.07) is 8.23. The fourth-order valence-corrected chi connectivity index (χ4v) is 2.72. The third-order valence-corrected chi connectivity index (χ3v) is 3.92. The van der Waals surface area contributed by atoms with Gasteiger partial charge in [0.15, 0.2) is 0 Å². The van der Waals surface area contributed by atoms with Crippen molar-refractivity contribution in [2.45, 2.75) is 40.3 Å². The minimum atomic E-state index is -0.160. The number of amides is 1. The van der Waals surface area contributed by atoms with Crippen LogP contribution in [-0.2, 0) is 11.3 Å². The molecule has 2 aromatic rings. The first-order valence-corrected chi connectivity index (χ1v) is 7.55. The zero-order valence-corrected chi connectivity index (χ0v) is 13.7. The van der Waals surface area contributed by atoms with Crippen molar-refractivity contribution in [1.82, 2.24) is 15.1 Å². The molecule has 1 atom stereocenters. The van der Waals surface area contributed by atoms with Crippen LogP contribution in [0.3, 0.4) is 0 Å². The summed E-state index contributed by atoms with van der Waals surface area (Å²) in [6.07, 6.45) is 1.29. The summed E-state index contributed by atoms with van der Waals surface area (Å²) in [6.45, 7) is 12.5. The fraction of sp³-hybridized carbons (Fsp3) is 0.333. The standard InChI is InChI=1S/C18H23N3O/c1-6-17(22)19-12(3)15-8-10-16(11-9-15)18-13(4)20-21(7-2)14(18)5/h6,8-12H,1,7H2,2-5H3,(H,19,22)/t12-/m1/s1. The van der Waals surface area contributed by atoms with E-state index in [2.05, 4.69) is 43.0 Å². The first-order valence-electron chi connectivity index (χ1n) is 7.55. The summed E-state index contributed by atoms with van der Waals surface area (Å²) in [4.78, 5) is 11.4. The highest BCUT2D eigenvalue weighted by Gasteiger charge is 2.13. The van der Waals surface area contributed by atoms with Crippen molar-refractivity contribution in [3.63, 3.8) is 0 Å². The number of benzene rings is 1. The fourth-order valence-electron chi connectivity index (χ4n) is 2.72. The van der Waals surface area contributed by atoms with Gasteiger partial charge in [-0.25, -0.2) is 0 Å². The third kappa shape index (κ3) is 3.11. The highest BCUT2D eigenvalue weighted by atomic mass is 16.1. The Hall–Kier alpha value is -2.36. The summed E-state index contributed by atoms with van der Waals surface area (Å²) < 4.78 is 2.02. The average Bonchev–Trinajstić information content (AvgIpc) is 2.81. The molecule has 0 bridgehead atoms. The van der Waals surface area contributed by atoms with Crippen molar-refractivity contribution >= 4 is 5.91 Å². The van der Waals surface area contributed by atoms with E-state index in [-0.39, 0.29) is 11.9 Å². The molecule has 0 radical (unpaired) electrons. The molecular weight excluding hydrogens is 274 g/mol. The van der Waals surface area contributed by atoms with Crippen LogP contribution < -0.4 is 5.32 Å². The van der Waals surface area contributed by atoms with Gasteiger partial charge in [0.2, 0.25) is 5.91 Å². The molecule has 116 valence electrons. The van der Waals surface area contributed by atoms with Gasteiger partial charge < -0.3 is 5.32 Å². The van der Waals surface area contributed by atoms with Crippen LogP contribution in [0.25, 0.3) is 11.1 Å². The monoisotopic (exact) mass is 297 g/mol. The zero-order chi connectivity index (χ0) is 16.3. The van der Waals surface area contributed by atoms with E-state index in [0.29, 0.717) is 0 Å². The molecule has 1 aromatic carbocycles. The van der Waals surface area contributed by atoms with Gasteiger partial charge in [0.25, 0.3) is 0 Å². The largest absolute Gasteiger partial charge is 0.346 e. The van der Waals surface area contributed by atoms with Crippen LogP contribution in [0.5, 0.6) is 0 Å². The van der Waals surface area contributed by atoms with Gasteiger partial charge in [-0.1, -0.05) is 30.8 Å². The van der Waals surface area contributed by atoms with Gasteiger partial charge in [-0.05, 0) is 44.9 Å². The lowest BCUT2D eigenvalue weighted by Gasteiger charge is -2.13. The first kappa shape index (κ1) is 16.0. The van der Waals surface area contributed by atoms with Gasteiger partial charge >= 0.3 is 0 Å². The van der Waals surface area contributed by atoms with Gasteiger partial charge in [0.1, 0.15) is 0 Å².